The Kier molecular flexibility index (Phi) is 9.70. The van der Waals surface area contributed by atoms with Gasteiger partial charge in [-0.25, -0.2) is 5.43 Å². The molecular weight excluding hydrogens is 498 g/mol. The molecule has 37 heavy (non-hydrogen) atoms. The maximum Gasteiger partial charge on any atom is 0.387 e. The largest absolute Gasteiger partial charge is 0.484 e. The monoisotopic (exact) mass is 525 g/mol. The molecule has 200 valence electrons. The van der Waals surface area contributed by atoms with E-state index in [4.69, 9.17) is 4.74 Å². The summed E-state index contributed by atoms with van der Waals surface area (Å²) in [6.07, 6.45) is 4.03. The molecule has 0 saturated carbocycles. The smallest absolute Gasteiger partial charge is 0.387 e. The van der Waals surface area contributed by atoms with Gasteiger partial charge >= 0.3 is 13.2 Å². The molecule has 1 aliphatic heterocycles. The van der Waals surface area contributed by atoms with Gasteiger partial charge in [-0.1, -0.05) is 0 Å². The fourth-order valence-corrected chi connectivity index (χ4v) is 4.06. The summed E-state index contributed by atoms with van der Waals surface area (Å²) in [4.78, 5) is 26.8. The van der Waals surface area contributed by atoms with Crippen LogP contribution in [-0.2, 0) is 4.79 Å². The molecule has 1 saturated heterocycles. The molecule has 12 heteroatoms. The van der Waals surface area contributed by atoms with Gasteiger partial charge in [0, 0.05) is 29.3 Å². The number of hydrogen-bond acceptors (Lipinski definition) is 6. The number of rotatable bonds is 10. The topological polar surface area (TPSA) is 89.5 Å². The van der Waals surface area contributed by atoms with E-state index >= 15 is 0 Å². The molecule has 8 nitrogen and oxygen atoms in total. The van der Waals surface area contributed by atoms with Gasteiger partial charge in [0.25, 0.3) is 11.8 Å². The van der Waals surface area contributed by atoms with Gasteiger partial charge in [0.2, 0.25) is 0 Å². The maximum absolute atomic E-state index is 12.7. The highest BCUT2D eigenvalue weighted by molar-refractivity contribution is 5.95. The minimum atomic E-state index is -3.22. The third-order valence-electron chi connectivity index (χ3n) is 5.76. The van der Waals surface area contributed by atoms with Gasteiger partial charge in [-0.15, -0.1) is 0 Å². The Labute approximate surface area is 211 Å². The lowest BCUT2D eigenvalue weighted by atomic mass is 9.97. The number of benzene rings is 2. The van der Waals surface area contributed by atoms with Gasteiger partial charge in [-0.3, -0.25) is 9.59 Å². The summed E-state index contributed by atoms with van der Waals surface area (Å²) < 4.78 is 64.1. The molecule has 0 aliphatic carbocycles. The first-order chi connectivity index (χ1) is 17.6. The van der Waals surface area contributed by atoms with Crippen LogP contribution in [0.3, 0.4) is 0 Å². The first-order valence-electron chi connectivity index (χ1n) is 11.5. The average Bonchev–Trinajstić information content (AvgIpc) is 2.83. The van der Waals surface area contributed by atoms with Crippen LogP contribution in [-0.4, -0.2) is 54.8 Å². The van der Waals surface area contributed by atoms with Crippen LogP contribution in [0.1, 0.15) is 49.0 Å². The van der Waals surface area contributed by atoms with E-state index in [0.717, 1.165) is 37.6 Å². The fraction of sp³-hybridized carbons (Fsp3) is 0.400. The molecule has 0 bridgehead atoms. The van der Waals surface area contributed by atoms with Crippen LogP contribution in [0, 0.1) is 0 Å². The lowest BCUT2D eigenvalue weighted by Gasteiger charge is -2.38. The molecule has 3 rings (SSSR count). The van der Waals surface area contributed by atoms with E-state index in [-0.39, 0.29) is 41.5 Å². The van der Waals surface area contributed by atoms with E-state index in [0.29, 0.717) is 5.75 Å². The number of likely N-dealkylation sites (tertiary alicyclic amines) is 1. The van der Waals surface area contributed by atoms with Gasteiger partial charge in [0.1, 0.15) is 17.2 Å². The van der Waals surface area contributed by atoms with E-state index in [1.807, 2.05) is 18.7 Å². The number of halogens is 4. The third kappa shape index (κ3) is 8.09. The fourth-order valence-electron chi connectivity index (χ4n) is 4.06. The number of piperidine rings is 1. The summed E-state index contributed by atoms with van der Waals surface area (Å²) in [5, 5.41) is 3.70. The number of carbonyl (C=O) groups excluding carboxylic acids is 2. The molecule has 0 radical (unpaired) electrons. The number of hydrazone groups is 1. The number of hydrogen-bond donors (Lipinski definition) is 1. The Morgan fingerprint density at radius 2 is 1.62 bits per heavy atom. The van der Waals surface area contributed by atoms with Gasteiger partial charge in [-0.05, 0) is 69.5 Å². The molecule has 2 atom stereocenters. The number of nitrogens with zero attached hydrogens (tertiary/aromatic N) is 2. The Morgan fingerprint density at radius 1 is 1.00 bits per heavy atom. The number of carbonyl (C=O) groups is 2. The van der Waals surface area contributed by atoms with Gasteiger partial charge < -0.3 is 19.1 Å². The summed E-state index contributed by atoms with van der Waals surface area (Å²) in [7, 11) is 0. The first kappa shape index (κ1) is 27.8. The summed E-state index contributed by atoms with van der Waals surface area (Å²) in [6.45, 7) is -2.43. The molecular formula is C25H27F4N3O5. The van der Waals surface area contributed by atoms with Crippen molar-refractivity contribution < 1.29 is 41.4 Å². The highest BCUT2D eigenvalue weighted by Crippen LogP contribution is 2.27. The quantitative estimate of drug-likeness (QED) is 0.273. The predicted molar refractivity (Wildman–Crippen MR) is 126 cm³/mol. The average molecular weight is 525 g/mol. The van der Waals surface area contributed by atoms with E-state index in [9.17, 15) is 27.2 Å². The summed E-state index contributed by atoms with van der Waals surface area (Å²) in [6, 6.07) is 9.47. The van der Waals surface area contributed by atoms with Crippen molar-refractivity contribution in [2.24, 2.45) is 5.10 Å². The van der Waals surface area contributed by atoms with Crippen molar-refractivity contribution in [1.82, 2.24) is 10.3 Å². The Morgan fingerprint density at radius 3 is 2.24 bits per heavy atom. The minimum absolute atomic E-state index is 0.00651. The molecule has 1 heterocycles. The zero-order chi connectivity index (χ0) is 26.9. The van der Waals surface area contributed by atoms with Gasteiger partial charge in [0.05, 0.1) is 6.21 Å². The van der Waals surface area contributed by atoms with Crippen LogP contribution < -0.4 is 19.6 Å². The Balaban J connectivity index is 1.56. The summed E-state index contributed by atoms with van der Waals surface area (Å²) in [5.74, 6) is -1.14. The molecule has 2 aromatic carbocycles. The standard InChI is InChI=1S/C25H27F4N3O5/c1-15-4-3-5-16(2)32(15)22(33)14-35-19-9-6-17(7-10-19)23(34)31-30-13-18-8-11-20(36-24(26)27)12-21(18)37-25(28)29/h6-13,15-16,24-25H,3-5,14H2,1-2H3,(H,31,34)/b30-13-/t15-,16-/m1/s1. The Bertz CT molecular complexity index is 1090. The molecule has 1 fully saturated rings. The normalized spacial score (nSPS) is 17.8. The Hall–Kier alpha value is -3.83. The second-order valence-electron chi connectivity index (χ2n) is 8.40. The van der Waals surface area contributed by atoms with Gasteiger partial charge in [0.15, 0.2) is 6.61 Å². The number of alkyl halides is 4. The van der Waals surface area contributed by atoms with Crippen molar-refractivity contribution in [3.05, 3.63) is 53.6 Å². The van der Waals surface area contributed by atoms with Crippen molar-refractivity contribution in [2.75, 3.05) is 6.61 Å². The van der Waals surface area contributed by atoms with Crippen molar-refractivity contribution in [1.29, 1.82) is 0 Å². The van der Waals surface area contributed by atoms with Crippen LogP contribution >= 0.6 is 0 Å². The van der Waals surface area contributed by atoms with Crippen molar-refractivity contribution in [3.8, 4) is 17.2 Å². The highest BCUT2D eigenvalue weighted by atomic mass is 19.3. The minimum Gasteiger partial charge on any atom is -0.484 e. The molecule has 0 aromatic heterocycles. The zero-order valence-corrected chi connectivity index (χ0v) is 20.2. The summed E-state index contributed by atoms with van der Waals surface area (Å²) in [5.41, 5.74) is 2.45. The number of ether oxygens (including phenoxy) is 3. The van der Waals surface area contributed by atoms with Crippen LogP contribution in [0.25, 0.3) is 0 Å². The van der Waals surface area contributed by atoms with E-state index in [2.05, 4.69) is 20.0 Å². The summed E-state index contributed by atoms with van der Waals surface area (Å²) >= 11 is 0. The second-order valence-corrected chi connectivity index (χ2v) is 8.40. The SMILES string of the molecule is C[C@@H]1CCC[C@@H](C)N1C(=O)COc1ccc(C(=O)N/N=C\c2ccc(OC(F)F)cc2OC(F)F)cc1. The number of nitrogens with one attached hydrogen (secondary N) is 1. The maximum atomic E-state index is 12.7. The lowest BCUT2D eigenvalue weighted by molar-refractivity contribution is -0.139. The van der Waals surface area contributed by atoms with E-state index in [1.54, 1.807) is 0 Å². The number of amides is 2. The van der Waals surface area contributed by atoms with E-state index in [1.165, 1.54) is 30.3 Å². The molecule has 0 unspecified atom stereocenters. The van der Waals surface area contributed by atoms with Crippen molar-refractivity contribution in [2.45, 2.75) is 58.4 Å². The van der Waals surface area contributed by atoms with E-state index < -0.39 is 24.9 Å². The molecule has 1 aliphatic rings. The molecule has 2 aromatic rings. The van der Waals surface area contributed by atoms with Gasteiger partial charge in [-0.2, -0.15) is 22.7 Å². The third-order valence-corrected chi connectivity index (χ3v) is 5.76. The van der Waals surface area contributed by atoms with Crippen LogP contribution in [0.2, 0.25) is 0 Å². The van der Waals surface area contributed by atoms with Crippen LogP contribution in [0.5, 0.6) is 17.2 Å². The molecule has 0 spiro atoms. The van der Waals surface area contributed by atoms with Crippen LogP contribution in [0.15, 0.2) is 47.6 Å². The molecule has 2 amide bonds. The van der Waals surface area contributed by atoms with Crippen molar-refractivity contribution >= 4 is 18.0 Å². The zero-order valence-electron chi connectivity index (χ0n) is 20.2. The highest BCUT2D eigenvalue weighted by Gasteiger charge is 2.29. The lowest BCUT2D eigenvalue weighted by Crippen LogP contribution is -2.49. The predicted octanol–water partition coefficient (Wildman–Crippen LogP) is 4.82. The first-order valence-corrected chi connectivity index (χ1v) is 11.5. The van der Waals surface area contributed by atoms with Crippen molar-refractivity contribution in [3.63, 3.8) is 0 Å². The van der Waals surface area contributed by atoms with Crippen LogP contribution in [0.4, 0.5) is 17.6 Å². The molecule has 1 N–H and O–H groups in total. The second kappa shape index (κ2) is 12.9.